The Hall–Kier alpha value is -2.56. The fourth-order valence-electron chi connectivity index (χ4n) is 2.83. The molecule has 26 heavy (non-hydrogen) atoms. The van der Waals surface area contributed by atoms with E-state index in [2.05, 4.69) is 15.1 Å². The molecule has 2 aromatic rings. The summed E-state index contributed by atoms with van der Waals surface area (Å²) in [5.74, 6) is -1.24. The van der Waals surface area contributed by atoms with Crippen LogP contribution in [0.2, 0.25) is 0 Å². The van der Waals surface area contributed by atoms with Crippen LogP contribution in [0.1, 0.15) is 28.4 Å². The highest BCUT2D eigenvalue weighted by molar-refractivity contribution is 7.91. The molecule has 1 aliphatic heterocycles. The first-order valence-electron chi connectivity index (χ1n) is 8.00. The molecule has 10 nitrogen and oxygen atoms in total. The van der Waals surface area contributed by atoms with Crippen molar-refractivity contribution < 1.29 is 22.7 Å². The summed E-state index contributed by atoms with van der Waals surface area (Å²) in [7, 11) is -1.60. The zero-order chi connectivity index (χ0) is 19.1. The van der Waals surface area contributed by atoms with Crippen molar-refractivity contribution in [1.82, 2.24) is 24.5 Å². The van der Waals surface area contributed by atoms with Gasteiger partial charge in [0, 0.05) is 24.5 Å². The van der Waals surface area contributed by atoms with Gasteiger partial charge in [-0.1, -0.05) is 0 Å². The third kappa shape index (κ3) is 3.66. The number of sulfone groups is 1. The number of likely N-dealkylation sites (N-methyl/N-ethyl adjacent to an activating group) is 1. The fraction of sp³-hybridized carbons (Fsp3) is 0.533. The third-order valence-electron chi connectivity index (χ3n) is 4.28. The molecule has 1 amide bonds. The Bertz CT molecular complexity index is 984. The summed E-state index contributed by atoms with van der Waals surface area (Å²) in [6.07, 6.45) is 0.386. The average molecular weight is 381 g/mol. The van der Waals surface area contributed by atoms with Crippen molar-refractivity contribution in [2.24, 2.45) is 0 Å². The Morgan fingerprint density at radius 1 is 1.35 bits per heavy atom. The number of nitrogens with zero attached hydrogens (tertiary/aromatic N) is 5. The molecule has 1 fully saturated rings. The van der Waals surface area contributed by atoms with E-state index in [9.17, 15) is 18.0 Å². The van der Waals surface area contributed by atoms with Crippen LogP contribution in [-0.4, -0.2) is 76.0 Å². The first-order valence-corrected chi connectivity index (χ1v) is 9.82. The number of esters is 1. The van der Waals surface area contributed by atoms with Gasteiger partial charge in [0.25, 0.3) is 17.5 Å². The van der Waals surface area contributed by atoms with E-state index in [-0.39, 0.29) is 23.1 Å². The predicted octanol–water partition coefficient (Wildman–Crippen LogP) is -0.457. The molecular formula is C15H19N5O5S. The SMILES string of the molecule is Cc1cc(C)n2nc(C(=O)OCC(=O)N(C)C3CCS(=O)(=O)C3)nc2n1. The smallest absolute Gasteiger partial charge is 0.378 e. The minimum absolute atomic E-state index is 0.0615. The first kappa shape index (κ1) is 18.2. The zero-order valence-electron chi connectivity index (χ0n) is 14.7. The van der Waals surface area contributed by atoms with Gasteiger partial charge in [0.05, 0.1) is 11.5 Å². The second-order valence-electron chi connectivity index (χ2n) is 6.32. The van der Waals surface area contributed by atoms with Crippen LogP contribution < -0.4 is 0 Å². The second-order valence-corrected chi connectivity index (χ2v) is 8.55. The Kier molecular flexibility index (Phi) is 4.65. The molecule has 11 heteroatoms. The van der Waals surface area contributed by atoms with E-state index >= 15 is 0 Å². The van der Waals surface area contributed by atoms with Crippen LogP contribution in [0, 0.1) is 13.8 Å². The molecule has 2 aromatic heterocycles. The summed E-state index contributed by atoms with van der Waals surface area (Å²) in [4.78, 5) is 33.8. The number of aryl methyl sites for hydroxylation is 2. The van der Waals surface area contributed by atoms with Crippen LogP contribution in [-0.2, 0) is 19.4 Å². The number of rotatable bonds is 4. The van der Waals surface area contributed by atoms with Gasteiger partial charge in [-0.15, -0.1) is 5.10 Å². The predicted molar refractivity (Wildman–Crippen MR) is 90.4 cm³/mol. The summed E-state index contributed by atoms with van der Waals surface area (Å²) >= 11 is 0. The zero-order valence-corrected chi connectivity index (χ0v) is 15.5. The molecule has 0 aliphatic carbocycles. The summed E-state index contributed by atoms with van der Waals surface area (Å²) in [6.45, 7) is 3.10. The second kappa shape index (κ2) is 6.63. The summed E-state index contributed by atoms with van der Waals surface area (Å²) in [5, 5.41) is 4.04. The fourth-order valence-corrected chi connectivity index (χ4v) is 4.61. The van der Waals surface area contributed by atoms with Crippen molar-refractivity contribution in [3.05, 3.63) is 23.3 Å². The molecule has 1 saturated heterocycles. The molecule has 0 radical (unpaired) electrons. The topological polar surface area (TPSA) is 124 Å². The van der Waals surface area contributed by atoms with Crippen molar-refractivity contribution in [3.63, 3.8) is 0 Å². The summed E-state index contributed by atoms with van der Waals surface area (Å²) in [5.41, 5.74) is 1.50. The van der Waals surface area contributed by atoms with Crippen molar-refractivity contribution in [2.45, 2.75) is 26.3 Å². The normalized spacial score (nSPS) is 18.8. The first-order chi connectivity index (χ1) is 12.2. The lowest BCUT2D eigenvalue weighted by Crippen LogP contribution is -2.40. The number of amides is 1. The van der Waals surface area contributed by atoms with Crippen LogP contribution in [0.3, 0.4) is 0 Å². The molecule has 0 spiro atoms. The molecule has 3 heterocycles. The molecule has 1 aliphatic rings. The van der Waals surface area contributed by atoms with Gasteiger partial charge >= 0.3 is 5.97 Å². The van der Waals surface area contributed by atoms with E-state index in [4.69, 9.17) is 4.74 Å². The lowest BCUT2D eigenvalue weighted by molar-refractivity contribution is -0.134. The lowest BCUT2D eigenvalue weighted by Gasteiger charge is -2.22. The number of hydrogen-bond acceptors (Lipinski definition) is 8. The monoisotopic (exact) mass is 381 g/mol. The van der Waals surface area contributed by atoms with Gasteiger partial charge in [-0.2, -0.15) is 4.98 Å². The van der Waals surface area contributed by atoms with Gasteiger partial charge in [0.2, 0.25) is 0 Å². The molecular weight excluding hydrogens is 362 g/mol. The molecule has 0 saturated carbocycles. The van der Waals surface area contributed by atoms with E-state index in [1.807, 2.05) is 0 Å². The van der Waals surface area contributed by atoms with Crippen LogP contribution in [0.4, 0.5) is 0 Å². The van der Waals surface area contributed by atoms with E-state index in [1.165, 1.54) is 16.5 Å². The Morgan fingerprint density at radius 3 is 2.73 bits per heavy atom. The minimum Gasteiger partial charge on any atom is -0.450 e. The van der Waals surface area contributed by atoms with Crippen LogP contribution in [0.5, 0.6) is 0 Å². The molecule has 0 N–H and O–H groups in total. The van der Waals surface area contributed by atoms with Gasteiger partial charge in [0.1, 0.15) is 0 Å². The largest absolute Gasteiger partial charge is 0.450 e. The number of carbonyl (C=O) groups excluding carboxylic acids is 2. The molecule has 1 atom stereocenters. The average Bonchev–Trinajstić information content (AvgIpc) is 3.14. The maximum atomic E-state index is 12.1. The maximum absolute atomic E-state index is 12.1. The summed E-state index contributed by atoms with van der Waals surface area (Å²) in [6, 6.07) is 1.40. The van der Waals surface area contributed by atoms with Gasteiger partial charge in [0.15, 0.2) is 16.4 Å². The highest BCUT2D eigenvalue weighted by Crippen LogP contribution is 2.16. The Balaban J connectivity index is 1.63. The van der Waals surface area contributed by atoms with Crippen LogP contribution >= 0.6 is 0 Å². The summed E-state index contributed by atoms with van der Waals surface area (Å²) < 4.78 is 29.4. The van der Waals surface area contributed by atoms with Gasteiger partial charge in [-0.05, 0) is 26.3 Å². The third-order valence-corrected chi connectivity index (χ3v) is 6.03. The van der Waals surface area contributed by atoms with E-state index in [0.717, 1.165) is 11.4 Å². The Labute approximate surface area is 150 Å². The van der Waals surface area contributed by atoms with Crippen molar-refractivity contribution >= 4 is 27.5 Å². The molecule has 0 aromatic carbocycles. The van der Waals surface area contributed by atoms with Gasteiger partial charge in [-0.3, -0.25) is 4.79 Å². The van der Waals surface area contributed by atoms with Crippen molar-refractivity contribution in [1.29, 1.82) is 0 Å². The van der Waals surface area contributed by atoms with Crippen LogP contribution in [0.25, 0.3) is 5.78 Å². The quantitative estimate of drug-likeness (QED) is 0.652. The van der Waals surface area contributed by atoms with Gasteiger partial charge in [-0.25, -0.2) is 22.7 Å². The number of carbonyl (C=O) groups is 2. The number of aromatic nitrogens is 4. The molecule has 1 unspecified atom stereocenters. The van der Waals surface area contributed by atoms with Crippen LogP contribution in [0.15, 0.2) is 6.07 Å². The number of fused-ring (bicyclic) bond motifs is 1. The van der Waals surface area contributed by atoms with E-state index < -0.39 is 34.4 Å². The van der Waals surface area contributed by atoms with E-state index in [0.29, 0.717) is 6.42 Å². The molecule has 3 rings (SSSR count). The maximum Gasteiger partial charge on any atom is 0.378 e. The molecule has 140 valence electrons. The van der Waals surface area contributed by atoms with Crippen molar-refractivity contribution in [3.8, 4) is 0 Å². The molecule has 0 bridgehead atoms. The standard InChI is InChI=1S/C15H19N5O5S/c1-9-6-10(2)20-15(16-9)17-13(18-20)14(22)25-7-12(21)19(3)11-4-5-26(23,24)8-11/h6,11H,4-5,7-8H2,1-3H3. The number of hydrogen-bond donors (Lipinski definition) is 0. The lowest BCUT2D eigenvalue weighted by atomic mass is 10.2. The van der Waals surface area contributed by atoms with Gasteiger partial charge < -0.3 is 9.64 Å². The van der Waals surface area contributed by atoms with Crippen molar-refractivity contribution in [2.75, 3.05) is 25.2 Å². The minimum atomic E-state index is -3.10. The Morgan fingerprint density at radius 2 is 2.08 bits per heavy atom. The highest BCUT2D eigenvalue weighted by Gasteiger charge is 2.33. The van der Waals surface area contributed by atoms with E-state index in [1.54, 1.807) is 19.9 Å². The number of ether oxygens (including phenoxy) is 1. The highest BCUT2D eigenvalue weighted by atomic mass is 32.2.